The number of hydrogen-bond donors (Lipinski definition) is 0. The zero-order valence-corrected chi connectivity index (χ0v) is 14.6. The summed E-state index contributed by atoms with van der Waals surface area (Å²) in [5, 5.41) is 0. The van der Waals surface area contributed by atoms with Crippen LogP contribution in [0, 0.1) is 17.6 Å². The zero-order chi connectivity index (χ0) is 18.0. The van der Waals surface area contributed by atoms with Crippen LogP contribution in [0.15, 0.2) is 18.2 Å². The third kappa shape index (κ3) is 3.68. The average Bonchev–Trinajstić information content (AvgIpc) is 3.05. The number of hydrogen-bond acceptors (Lipinski definition) is 4. The highest BCUT2D eigenvalue weighted by molar-refractivity contribution is 5.94. The Morgan fingerprint density at radius 3 is 2.72 bits per heavy atom. The van der Waals surface area contributed by atoms with Crippen LogP contribution in [0.5, 0.6) is 0 Å². The topological polar surface area (TPSA) is 42.0 Å². The fraction of sp³-hybridized carbons (Fsp3) is 0.611. The van der Waals surface area contributed by atoms with Gasteiger partial charge in [0.15, 0.2) is 11.6 Å². The monoisotopic (exact) mass is 354 g/mol. The second kappa shape index (κ2) is 7.76. The van der Waals surface area contributed by atoms with E-state index in [1.807, 2.05) is 0 Å². The van der Waals surface area contributed by atoms with E-state index in [1.54, 1.807) is 19.1 Å². The second-order valence-electron chi connectivity index (χ2n) is 6.67. The Labute approximate surface area is 146 Å². The van der Waals surface area contributed by atoms with E-state index in [0.717, 1.165) is 38.2 Å². The van der Waals surface area contributed by atoms with Crippen LogP contribution in [0.25, 0.3) is 0 Å². The number of amides is 1. The van der Waals surface area contributed by atoms with Crippen LogP contribution in [0.4, 0.5) is 8.78 Å². The van der Waals surface area contributed by atoms with Crippen LogP contribution in [0.1, 0.15) is 16.8 Å². The van der Waals surface area contributed by atoms with E-state index in [1.165, 1.54) is 6.07 Å². The fourth-order valence-corrected chi connectivity index (χ4v) is 3.98. The number of ether oxygens (including phenoxy) is 2. The predicted molar refractivity (Wildman–Crippen MR) is 88.4 cm³/mol. The summed E-state index contributed by atoms with van der Waals surface area (Å²) in [4.78, 5) is 16.9. The van der Waals surface area contributed by atoms with Gasteiger partial charge in [0, 0.05) is 51.9 Å². The third-order valence-electron chi connectivity index (χ3n) is 5.28. The van der Waals surface area contributed by atoms with Crippen molar-refractivity contribution in [1.29, 1.82) is 0 Å². The summed E-state index contributed by atoms with van der Waals surface area (Å²) in [5.41, 5.74) is 0.184. The summed E-state index contributed by atoms with van der Waals surface area (Å²) >= 11 is 0. The van der Waals surface area contributed by atoms with Crippen molar-refractivity contribution < 1.29 is 23.0 Å². The fourth-order valence-electron chi connectivity index (χ4n) is 3.98. The van der Waals surface area contributed by atoms with Gasteiger partial charge in [-0.2, -0.15) is 0 Å². The van der Waals surface area contributed by atoms with E-state index in [9.17, 15) is 13.6 Å². The summed E-state index contributed by atoms with van der Waals surface area (Å²) in [7, 11) is 3.37. The number of fused-ring (bicyclic) bond motifs is 1. The van der Waals surface area contributed by atoms with Gasteiger partial charge in [0.1, 0.15) is 0 Å². The standard InChI is InChI=1S/C18H24F2N2O3/c1-24-8-7-21-10-13-16(11-21)22(6-5-17(13)25-2)18(23)12-3-4-14(19)15(20)9-12/h3-4,9,13,16-17H,5-8,10-11H2,1-2H3/t13-,16+,17+/m0/s1. The number of carbonyl (C=O) groups excluding carboxylic acids is 1. The van der Waals surface area contributed by atoms with Gasteiger partial charge < -0.3 is 14.4 Å². The third-order valence-corrected chi connectivity index (χ3v) is 5.28. The van der Waals surface area contributed by atoms with Gasteiger partial charge in [0.2, 0.25) is 0 Å². The maximum atomic E-state index is 13.5. The molecule has 0 unspecified atom stereocenters. The minimum atomic E-state index is -0.998. The van der Waals surface area contributed by atoms with Crippen LogP contribution in [0.3, 0.4) is 0 Å². The normalized spacial score (nSPS) is 26.7. The Morgan fingerprint density at radius 2 is 2.04 bits per heavy atom. The van der Waals surface area contributed by atoms with Gasteiger partial charge in [-0.1, -0.05) is 0 Å². The molecule has 138 valence electrons. The average molecular weight is 354 g/mol. The van der Waals surface area contributed by atoms with Crippen molar-refractivity contribution in [3.63, 3.8) is 0 Å². The molecule has 0 aromatic heterocycles. The maximum absolute atomic E-state index is 13.5. The lowest BCUT2D eigenvalue weighted by Crippen LogP contribution is -2.53. The van der Waals surface area contributed by atoms with Crippen LogP contribution in [-0.4, -0.2) is 74.9 Å². The molecule has 3 atom stereocenters. The van der Waals surface area contributed by atoms with Crippen LogP contribution in [-0.2, 0) is 9.47 Å². The molecule has 1 amide bonds. The molecule has 0 bridgehead atoms. The summed E-state index contributed by atoms with van der Waals surface area (Å²) in [6.45, 7) is 3.56. The first-order valence-corrected chi connectivity index (χ1v) is 8.55. The number of piperidine rings is 1. The Bertz CT molecular complexity index is 628. The number of likely N-dealkylation sites (tertiary alicyclic amines) is 2. The predicted octanol–water partition coefficient (Wildman–Crippen LogP) is 1.77. The smallest absolute Gasteiger partial charge is 0.254 e. The molecule has 1 aromatic rings. The van der Waals surface area contributed by atoms with E-state index >= 15 is 0 Å². The Hall–Kier alpha value is -1.57. The highest BCUT2D eigenvalue weighted by Crippen LogP contribution is 2.33. The summed E-state index contributed by atoms with van der Waals surface area (Å²) < 4.78 is 37.4. The molecule has 2 saturated heterocycles. The molecule has 2 fully saturated rings. The first-order chi connectivity index (χ1) is 12.0. The lowest BCUT2D eigenvalue weighted by molar-refractivity contribution is -0.0157. The van der Waals surface area contributed by atoms with Gasteiger partial charge in [-0.25, -0.2) is 8.78 Å². The summed E-state index contributed by atoms with van der Waals surface area (Å²) in [6, 6.07) is 3.33. The van der Waals surface area contributed by atoms with Crippen molar-refractivity contribution >= 4 is 5.91 Å². The molecule has 2 aliphatic heterocycles. The lowest BCUT2D eigenvalue weighted by atomic mass is 9.88. The van der Waals surface area contributed by atoms with Crippen molar-refractivity contribution in [2.24, 2.45) is 5.92 Å². The van der Waals surface area contributed by atoms with Crippen LogP contribution in [0.2, 0.25) is 0 Å². The SMILES string of the molecule is COCCN1C[C@H]2[C@@H](C1)N(C(=O)c1ccc(F)c(F)c1)CC[C@H]2OC. The molecule has 0 saturated carbocycles. The first kappa shape index (κ1) is 18.2. The molecule has 2 heterocycles. The van der Waals surface area contributed by atoms with Crippen LogP contribution >= 0.6 is 0 Å². The number of nitrogens with zero attached hydrogens (tertiary/aromatic N) is 2. The number of rotatable bonds is 5. The van der Waals surface area contributed by atoms with Gasteiger partial charge >= 0.3 is 0 Å². The van der Waals surface area contributed by atoms with E-state index in [-0.39, 0.29) is 29.5 Å². The lowest BCUT2D eigenvalue weighted by Gasteiger charge is -2.41. The van der Waals surface area contributed by atoms with Gasteiger partial charge in [-0.05, 0) is 24.6 Å². The largest absolute Gasteiger partial charge is 0.383 e. The van der Waals surface area contributed by atoms with E-state index < -0.39 is 11.6 Å². The molecule has 0 N–H and O–H groups in total. The molecule has 0 radical (unpaired) electrons. The van der Waals surface area contributed by atoms with Crippen molar-refractivity contribution in [3.8, 4) is 0 Å². The van der Waals surface area contributed by atoms with Gasteiger partial charge in [-0.15, -0.1) is 0 Å². The van der Waals surface area contributed by atoms with Crippen molar-refractivity contribution in [2.75, 3.05) is 47.0 Å². The molecule has 2 aliphatic rings. The molecule has 1 aromatic carbocycles. The van der Waals surface area contributed by atoms with Gasteiger partial charge in [-0.3, -0.25) is 9.69 Å². The number of halogens is 2. The van der Waals surface area contributed by atoms with Gasteiger partial charge in [0.05, 0.1) is 18.8 Å². The molecule has 0 spiro atoms. The number of carbonyl (C=O) groups is 1. The number of benzene rings is 1. The Balaban J connectivity index is 1.79. The quantitative estimate of drug-likeness (QED) is 0.808. The molecular weight excluding hydrogens is 330 g/mol. The molecule has 5 nitrogen and oxygen atoms in total. The Morgan fingerprint density at radius 1 is 1.24 bits per heavy atom. The minimum Gasteiger partial charge on any atom is -0.383 e. The first-order valence-electron chi connectivity index (χ1n) is 8.55. The highest BCUT2D eigenvalue weighted by atomic mass is 19.2. The minimum absolute atomic E-state index is 0.0103. The van der Waals surface area contributed by atoms with Crippen molar-refractivity contribution in [1.82, 2.24) is 9.80 Å². The van der Waals surface area contributed by atoms with E-state index in [0.29, 0.717) is 13.2 Å². The summed E-state index contributed by atoms with van der Waals surface area (Å²) in [6.07, 6.45) is 0.845. The molecule has 0 aliphatic carbocycles. The van der Waals surface area contributed by atoms with E-state index in [2.05, 4.69) is 4.90 Å². The molecule has 25 heavy (non-hydrogen) atoms. The zero-order valence-electron chi connectivity index (χ0n) is 14.6. The van der Waals surface area contributed by atoms with Crippen molar-refractivity contribution in [2.45, 2.75) is 18.6 Å². The second-order valence-corrected chi connectivity index (χ2v) is 6.67. The van der Waals surface area contributed by atoms with E-state index in [4.69, 9.17) is 9.47 Å². The number of methoxy groups -OCH3 is 2. The summed E-state index contributed by atoms with van der Waals surface area (Å²) in [5.74, 6) is -1.98. The van der Waals surface area contributed by atoms with Crippen molar-refractivity contribution in [3.05, 3.63) is 35.4 Å². The Kier molecular flexibility index (Phi) is 5.66. The molecular formula is C18H24F2N2O3. The van der Waals surface area contributed by atoms with Crippen LogP contribution < -0.4 is 0 Å². The maximum Gasteiger partial charge on any atom is 0.254 e. The molecule has 7 heteroatoms. The molecule has 3 rings (SSSR count). The van der Waals surface area contributed by atoms with Gasteiger partial charge in [0.25, 0.3) is 5.91 Å². The highest BCUT2D eigenvalue weighted by Gasteiger charge is 2.46.